The van der Waals surface area contributed by atoms with E-state index in [9.17, 15) is 13.2 Å². The monoisotopic (exact) mass is 494 g/mol. The number of sulfonamides is 1. The van der Waals surface area contributed by atoms with Crippen molar-refractivity contribution in [3.63, 3.8) is 0 Å². The van der Waals surface area contributed by atoms with Crippen molar-refractivity contribution >= 4 is 38.1 Å². The normalized spacial score (nSPS) is 11.1. The van der Waals surface area contributed by atoms with E-state index in [1.165, 1.54) is 30.6 Å². The van der Waals surface area contributed by atoms with Crippen LogP contribution in [0.5, 0.6) is 5.75 Å². The maximum Gasteiger partial charge on any atom is 0.264 e. The molecule has 0 aliphatic carbocycles. The van der Waals surface area contributed by atoms with Crippen molar-refractivity contribution in [1.82, 2.24) is 10.2 Å². The van der Waals surface area contributed by atoms with Gasteiger partial charge >= 0.3 is 0 Å². The molecule has 3 aromatic carbocycles. The van der Waals surface area contributed by atoms with Gasteiger partial charge in [-0.05, 0) is 36.8 Å². The van der Waals surface area contributed by atoms with Gasteiger partial charge in [0.2, 0.25) is 11.0 Å². The summed E-state index contributed by atoms with van der Waals surface area (Å²) in [7, 11) is -2.62. The number of aryl methyl sites for hydroxylation is 1. The topological polar surface area (TPSA) is 101 Å². The van der Waals surface area contributed by atoms with E-state index in [-0.39, 0.29) is 15.7 Å². The molecule has 4 aromatic rings. The van der Waals surface area contributed by atoms with Crippen LogP contribution in [0.25, 0.3) is 10.6 Å². The molecule has 0 saturated heterocycles. The Morgan fingerprint density at radius 3 is 2.35 bits per heavy atom. The van der Waals surface area contributed by atoms with Crippen LogP contribution in [0.1, 0.15) is 5.56 Å². The highest BCUT2D eigenvalue weighted by Gasteiger charge is 2.29. The molecule has 174 valence electrons. The summed E-state index contributed by atoms with van der Waals surface area (Å²) in [4.78, 5) is 13.0. The Morgan fingerprint density at radius 2 is 1.68 bits per heavy atom. The van der Waals surface area contributed by atoms with Gasteiger partial charge in [-0.2, -0.15) is 0 Å². The van der Waals surface area contributed by atoms with Crippen molar-refractivity contribution in [2.45, 2.75) is 11.8 Å². The Bertz CT molecular complexity index is 1390. The third-order valence-electron chi connectivity index (χ3n) is 4.91. The quantitative estimate of drug-likeness (QED) is 0.391. The van der Waals surface area contributed by atoms with E-state index in [0.29, 0.717) is 10.8 Å². The molecular formula is C24H22N4O4S2. The molecule has 0 atom stereocenters. The molecule has 0 spiro atoms. The summed E-state index contributed by atoms with van der Waals surface area (Å²) < 4.78 is 33.6. The third kappa shape index (κ3) is 5.08. The number of ether oxygens (including phenoxy) is 1. The number of nitrogens with zero attached hydrogens (tertiary/aromatic N) is 3. The summed E-state index contributed by atoms with van der Waals surface area (Å²) in [5, 5.41) is 11.7. The number of carbonyl (C=O) groups excluding carboxylic acids is 1. The van der Waals surface area contributed by atoms with Gasteiger partial charge in [0.15, 0.2) is 0 Å². The van der Waals surface area contributed by atoms with Gasteiger partial charge in [0.1, 0.15) is 17.3 Å². The van der Waals surface area contributed by atoms with Crippen LogP contribution in [0.15, 0.2) is 83.8 Å². The van der Waals surface area contributed by atoms with Crippen molar-refractivity contribution in [1.29, 1.82) is 0 Å². The Hall–Kier alpha value is -3.76. The molecule has 0 unspecified atom stereocenters. The Balaban J connectivity index is 1.65. The van der Waals surface area contributed by atoms with E-state index in [1.54, 1.807) is 30.3 Å². The lowest BCUT2D eigenvalue weighted by atomic mass is 10.2. The fourth-order valence-electron chi connectivity index (χ4n) is 3.27. The number of methoxy groups -OCH3 is 1. The van der Waals surface area contributed by atoms with Crippen LogP contribution in [0.4, 0.5) is 10.8 Å². The second kappa shape index (κ2) is 10.0. The Morgan fingerprint density at radius 1 is 1.00 bits per heavy atom. The Labute approximate surface area is 201 Å². The number of amides is 1. The number of benzene rings is 3. The van der Waals surface area contributed by atoms with Gasteiger partial charge in [0, 0.05) is 5.56 Å². The fourth-order valence-corrected chi connectivity index (χ4v) is 5.48. The molecule has 0 aliphatic heterocycles. The SMILES string of the molecule is COc1ccc(C)cc1N(CC(=O)Nc1nnc(-c2ccccc2)s1)S(=O)(=O)c1ccccc1. The first-order chi connectivity index (χ1) is 16.4. The smallest absolute Gasteiger partial charge is 0.264 e. The number of hydrogen-bond donors (Lipinski definition) is 1. The number of nitrogens with one attached hydrogen (secondary N) is 1. The molecule has 4 rings (SSSR count). The highest BCUT2D eigenvalue weighted by atomic mass is 32.2. The highest BCUT2D eigenvalue weighted by molar-refractivity contribution is 7.92. The van der Waals surface area contributed by atoms with Gasteiger partial charge in [0.05, 0.1) is 17.7 Å². The largest absolute Gasteiger partial charge is 0.495 e. The summed E-state index contributed by atoms with van der Waals surface area (Å²) in [6.07, 6.45) is 0. The van der Waals surface area contributed by atoms with E-state index in [0.717, 1.165) is 15.4 Å². The summed E-state index contributed by atoms with van der Waals surface area (Å²) in [5.74, 6) is -0.223. The molecule has 0 radical (unpaired) electrons. The molecule has 1 heterocycles. The van der Waals surface area contributed by atoms with Crippen LogP contribution >= 0.6 is 11.3 Å². The van der Waals surface area contributed by atoms with Crippen molar-refractivity contribution in [2.75, 3.05) is 23.3 Å². The summed E-state index contributed by atoms with van der Waals surface area (Å²) in [6.45, 7) is 1.36. The van der Waals surface area contributed by atoms with Gasteiger partial charge < -0.3 is 4.74 Å². The van der Waals surface area contributed by atoms with E-state index >= 15 is 0 Å². The second-order valence-corrected chi connectivity index (χ2v) is 10.2. The maximum absolute atomic E-state index is 13.6. The molecule has 1 N–H and O–H groups in total. The van der Waals surface area contributed by atoms with Crippen LogP contribution in [-0.4, -0.2) is 38.2 Å². The molecule has 0 fully saturated rings. The van der Waals surface area contributed by atoms with Crippen molar-refractivity contribution in [2.24, 2.45) is 0 Å². The van der Waals surface area contributed by atoms with Crippen molar-refractivity contribution in [3.05, 3.63) is 84.4 Å². The van der Waals surface area contributed by atoms with Crippen molar-refractivity contribution in [3.8, 4) is 16.3 Å². The molecule has 1 aromatic heterocycles. The molecule has 34 heavy (non-hydrogen) atoms. The summed E-state index contributed by atoms with van der Waals surface area (Å²) >= 11 is 1.20. The zero-order valence-electron chi connectivity index (χ0n) is 18.5. The minimum absolute atomic E-state index is 0.0636. The van der Waals surface area contributed by atoms with Crippen LogP contribution in [0.3, 0.4) is 0 Å². The highest BCUT2D eigenvalue weighted by Crippen LogP contribution is 2.33. The minimum Gasteiger partial charge on any atom is -0.495 e. The molecule has 0 bridgehead atoms. The maximum atomic E-state index is 13.6. The molecule has 10 heteroatoms. The first kappa shape index (κ1) is 23.4. The van der Waals surface area contributed by atoms with Crippen LogP contribution < -0.4 is 14.4 Å². The second-order valence-electron chi connectivity index (χ2n) is 7.33. The van der Waals surface area contributed by atoms with Crippen LogP contribution in [0.2, 0.25) is 0 Å². The molecular weight excluding hydrogens is 472 g/mol. The lowest BCUT2D eigenvalue weighted by molar-refractivity contribution is -0.114. The molecule has 0 saturated carbocycles. The first-order valence-corrected chi connectivity index (χ1v) is 12.6. The molecule has 1 amide bonds. The lowest BCUT2D eigenvalue weighted by Crippen LogP contribution is -2.38. The minimum atomic E-state index is -4.07. The van der Waals surface area contributed by atoms with E-state index in [4.69, 9.17) is 4.74 Å². The molecule has 8 nitrogen and oxygen atoms in total. The van der Waals surface area contributed by atoms with Gasteiger partial charge in [-0.15, -0.1) is 10.2 Å². The Kier molecular flexibility index (Phi) is 6.90. The van der Waals surface area contributed by atoms with E-state index in [2.05, 4.69) is 15.5 Å². The average molecular weight is 495 g/mol. The van der Waals surface area contributed by atoms with Crippen molar-refractivity contribution < 1.29 is 17.9 Å². The van der Waals surface area contributed by atoms with Gasteiger partial charge in [-0.25, -0.2) is 8.42 Å². The van der Waals surface area contributed by atoms with Gasteiger partial charge in [-0.1, -0.05) is 65.9 Å². The number of rotatable bonds is 8. The predicted octanol–water partition coefficient (Wildman–Crippen LogP) is 4.36. The first-order valence-electron chi connectivity index (χ1n) is 10.3. The summed E-state index contributed by atoms with van der Waals surface area (Å²) in [6, 6.07) is 22.6. The van der Waals surface area contributed by atoms with Gasteiger partial charge in [-0.3, -0.25) is 14.4 Å². The van der Waals surface area contributed by atoms with E-state index in [1.807, 2.05) is 43.3 Å². The number of hydrogen-bond acceptors (Lipinski definition) is 7. The number of carbonyl (C=O) groups is 1. The zero-order chi connectivity index (χ0) is 24.1. The third-order valence-corrected chi connectivity index (χ3v) is 7.58. The fraction of sp³-hybridized carbons (Fsp3) is 0.125. The van der Waals surface area contributed by atoms with Crippen LogP contribution in [0, 0.1) is 6.92 Å². The average Bonchev–Trinajstić information content (AvgIpc) is 3.32. The number of aromatic nitrogens is 2. The molecule has 0 aliphatic rings. The van der Waals surface area contributed by atoms with Crippen LogP contribution in [-0.2, 0) is 14.8 Å². The predicted molar refractivity (Wildman–Crippen MR) is 133 cm³/mol. The summed E-state index contributed by atoms with van der Waals surface area (Å²) in [5.41, 5.74) is 1.96. The van der Waals surface area contributed by atoms with Gasteiger partial charge in [0.25, 0.3) is 10.0 Å². The number of anilines is 2. The van der Waals surface area contributed by atoms with E-state index < -0.39 is 22.5 Å². The standard InChI is InChI=1S/C24H22N4O4S2/c1-17-13-14-21(32-2)20(15-17)28(34(30,31)19-11-7-4-8-12-19)16-22(29)25-24-27-26-23(33-24)18-9-5-3-6-10-18/h3-15H,16H2,1-2H3,(H,25,27,29). The zero-order valence-corrected chi connectivity index (χ0v) is 20.1. The lowest BCUT2D eigenvalue weighted by Gasteiger charge is -2.25.